The van der Waals surface area contributed by atoms with E-state index in [1.165, 1.54) is 22.8 Å². The highest BCUT2D eigenvalue weighted by molar-refractivity contribution is 5.78. The average Bonchev–Trinajstić information content (AvgIpc) is 2.98. The molecule has 0 aliphatic heterocycles. The number of nitrogens with zero attached hydrogens (tertiary/aromatic N) is 3. The number of aromatic nitrogens is 2. The van der Waals surface area contributed by atoms with E-state index in [0.717, 1.165) is 18.5 Å². The van der Waals surface area contributed by atoms with Crippen molar-refractivity contribution in [2.45, 2.75) is 97.2 Å². The molecule has 1 amide bonds. The van der Waals surface area contributed by atoms with Crippen molar-refractivity contribution >= 4 is 11.9 Å². The fraction of sp³-hybridized carbons (Fsp3) is 0.514. The lowest BCUT2D eigenvalue weighted by atomic mass is 9.89. The zero-order valence-corrected chi connectivity index (χ0v) is 29.3. The molecule has 0 spiro atoms. The molecule has 2 unspecified atom stereocenters. The normalized spacial score (nSPS) is 13.1. The molecule has 1 aromatic heterocycles. The molecule has 2 atom stereocenters. The van der Waals surface area contributed by atoms with E-state index < -0.39 is 59.8 Å². The Morgan fingerprint density at radius 2 is 1.62 bits per heavy atom. The van der Waals surface area contributed by atoms with Gasteiger partial charge in [-0.15, -0.1) is 0 Å². The number of carbonyl (C=O) groups is 2. The summed E-state index contributed by atoms with van der Waals surface area (Å²) in [5, 5.41) is 9.03. The van der Waals surface area contributed by atoms with Crippen molar-refractivity contribution in [3.63, 3.8) is 0 Å². The van der Waals surface area contributed by atoms with Crippen LogP contribution in [0, 0.1) is 31.4 Å². The predicted molar refractivity (Wildman–Crippen MR) is 182 cm³/mol. The summed E-state index contributed by atoms with van der Waals surface area (Å²) >= 11 is 0. The molecular weight excluding hydrogens is 659 g/mol. The molecule has 1 heterocycles. The van der Waals surface area contributed by atoms with Gasteiger partial charge in [0.1, 0.15) is 17.7 Å². The molecule has 3 aromatic rings. The summed E-state index contributed by atoms with van der Waals surface area (Å²) in [7, 11) is 3.97. The Labute approximate surface area is 289 Å². The van der Waals surface area contributed by atoms with Crippen LogP contribution in [-0.2, 0) is 35.0 Å². The number of carboxylic acids is 1. The lowest BCUT2D eigenvalue weighted by molar-refractivity contribution is -0.140. The van der Waals surface area contributed by atoms with Crippen LogP contribution in [0.2, 0.25) is 0 Å². The number of aliphatic carboxylic acids is 1. The van der Waals surface area contributed by atoms with Gasteiger partial charge < -0.3 is 15.7 Å². The number of benzene rings is 2. The molecule has 0 saturated carbocycles. The van der Waals surface area contributed by atoms with E-state index in [1.807, 2.05) is 14.1 Å². The standard InChI is InChI=1S/C37H47F5N4O4/c1-22(20-45(4)5)15-28-21-46(36(50)44-24(28)3)31(35(43)49)12-10-8-6-7-9-11-25-18-29(38)16-23(2)33(25)27-17-26(13-14-32(47)48)34(39)30(19-27)37(40,41)42/h16-19,21-22,31H,6-15,20H2,1-5H3,(H2,43,49)(H,47,48). The predicted octanol–water partition coefficient (Wildman–Crippen LogP) is 7.19. The number of aryl methyl sites for hydroxylation is 4. The van der Waals surface area contributed by atoms with E-state index in [0.29, 0.717) is 79.3 Å². The summed E-state index contributed by atoms with van der Waals surface area (Å²) < 4.78 is 72.1. The third kappa shape index (κ3) is 11.2. The van der Waals surface area contributed by atoms with Crippen LogP contribution in [-0.4, -0.2) is 52.1 Å². The second-order valence-corrected chi connectivity index (χ2v) is 13.5. The summed E-state index contributed by atoms with van der Waals surface area (Å²) in [6.07, 6.45) is 0.356. The molecule has 0 fully saturated rings. The Bertz CT molecular complexity index is 1720. The van der Waals surface area contributed by atoms with Gasteiger partial charge in [0, 0.05) is 24.9 Å². The molecule has 13 heteroatoms. The van der Waals surface area contributed by atoms with Gasteiger partial charge in [0.05, 0.1) is 5.56 Å². The van der Waals surface area contributed by atoms with Crippen LogP contribution in [0.4, 0.5) is 22.0 Å². The fourth-order valence-electron chi connectivity index (χ4n) is 6.56. The van der Waals surface area contributed by atoms with Crippen molar-refractivity contribution in [2.75, 3.05) is 20.6 Å². The van der Waals surface area contributed by atoms with Gasteiger partial charge in [-0.2, -0.15) is 18.2 Å². The fourth-order valence-corrected chi connectivity index (χ4v) is 6.56. The molecule has 50 heavy (non-hydrogen) atoms. The summed E-state index contributed by atoms with van der Waals surface area (Å²) in [5.74, 6) is -3.67. The molecule has 3 rings (SSSR count). The van der Waals surface area contributed by atoms with E-state index in [9.17, 15) is 36.3 Å². The average molecular weight is 707 g/mol. The minimum Gasteiger partial charge on any atom is -0.481 e. The van der Waals surface area contributed by atoms with Crippen molar-refractivity contribution in [1.82, 2.24) is 14.5 Å². The van der Waals surface area contributed by atoms with E-state index in [4.69, 9.17) is 10.8 Å². The zero-order chi connectivity index (χ0) is 37.3. The van der Waals surface area contributed by atoms with E-state index in [2.05, 4.69) is 16.8 Å². The molecule has 3 N–H and O–H groups in total. The highest BCUT2D eigenvalue weighted by Crippen LogP contribution is 2.39. The van der Waals surface area contributed by atoms with Crippen LogP contribution in [0.15, 0.2) is 35.3 Å². The monoisotopic (exact) mass is 706 g/mol. The molecular formula is C37H47F5N4O4. The van der Waals surface area contributed by atoms with Crippen LogP contribution in [0.25, 0.3) is 11.1 Å². The first-order valence-electron chi connectivity index (χ1n) is 16.8. The Hall–Kier alpha value is -4.13. The first kappa shape index (κ1) is 40.3. The van der Waals surface area contributed by atoms with E-state index >= 15 is 0 Å². The molecule has 0 saturated heterocycles. The van der Waals surface area contributed by atoms with Gasteiger partial charge in [-0.05, 0) is 124 Å². The molecule has 0 bridgehead atoms. The maximum Gasteiger partial charge on any atom is 0.419 e. The number of unbranched alkanes of at least 4 members (excludes halogenated alkanes) is 4. The second kappa shape index (κ2) is 17.7. The Balaban J connectivity index is 1.69. The Morgan fingerprint density at radius 1 is 0.960 bits per heavy atom. The van der Waals surface area contributed by atoms with Crippen molar-refractivity contribution in [3.8, 4) is 11.1 Å². The maximum atomic E-state index is 14.8. The quantitative estimate of drug-likeness (QED) is 0.107. The largest absolute Gasteiger partial charge is 0.481 e. The lowest BCUT2D eigenvalue weighted by Crippen LogP contribution is -2.36. The number of alkyl halides is 3. The highest BCUT2D eigenvalue weighted by Gasteiger charge is 2.36. The Morgan fingerprint density at radius 3 is 2.24 bits per heavy atom. The first-order valence-corrected chi connectivity index (χ1v) is 16.8. The van der Waals surface area contributed by atoms with Crippen molar-refractivity contribution in [3.05, 3.63) is 86.1 Å². The minimum absolute atomic E-state index is 0.0419. The molecule has 8 nitrogen and oxygen atoms in total. The smallest absolute Gasteiger partial charge is 0.419 e. The number of carboxylic acid groups (broad SMARTS) is 1. The number of amides is 1. The molecule has 0 radical (unpaired) electrons. The summed E-state index contributed by atoms with van der Waals surface area (Å²) in [6, 6.07) is 3.52. The maximum absolute atomic E-state index is 14.8. The van der Waals surface area contributed by atoms with Gasteiger partial charge in [-0.1, -0.05) is 32.6 Å². The van der Waals surface area contributed by atoms with Gasteiger partial charge in [0.25, 0.3) is 0 Å². The van der Waals surface area contributed by atoms with Gasteiger partial charge in [-0.25, -0.2) is 13.6 Å². The van der Waals surface area contributed by atoms with Gasteiger partial charge in [0.15, 0.2) is 0 Å². The Kier molecular flexibility index (Phi) is 14.3. The SMILES string of the molecule is Cc1cc(F)cc(CCCCCCCC(C(N)=O)n2cc(CC(C)CN(C)C)c(C)nc2=O)c1-c1cc(CCC(=O)O)c(F)c(C(F)(F)F)c1. The van der Waals surface area contributed by atoms with E-state index in [1.54, 1.807) is 20.0 Å². The van der Waals surface area contributed by atoms with Crippen LogP contribution >= 0.6 is 0 Å². The number of hydrogen-bond acceptors (Lipinski definition) is 5. The number of hydrogen-bond donors (Lipinski definition) is 2. The third-order valence-corrected chi connectivity index (χ3v) is 8.81. The second-order valence-electron chi connectivity index (χ2n) is 13.5. The third-order valence-electron chi connectivity index (χ3n) is 8.81. The van der Waals surface area contributed by atoms with Gasteiger partial charge in [-0.3, -0.25) is 14.2 Å². The number of carbonyl (C=O) groups excluding carboxylic acids is 1. The van der Waals surface area contributed by atoms with Crippen molar-refractivity contribution in [1.29, 1.82) is 0 Å². The molecule has 2 aromatic carbocycles. The topological polar surface area (TPSA) is 119 Å². The highest BCUT2D eigenvalue weighted by atomic mass is 19.4. The van der Waals surface area contributed by atoms with Crippen LogP contribution < -0.4 is 11.4 Å². The zero-order valence-electron chi connectivity index (χ0n) is 29.3. The molecule has 0 aliphatic carbocycles. The van der Waals surface area contributed by atoms with Gasteiger partial charge in [0.2, 0.25) is 5.91 Å². The van der Waals surface area contributed by atoms with Crippen LogP contribution in [0.5, 0.6) is 0 Å². The number of halogens is 5. The minimum atomic E-state index is -5.02. The summed E-state index contributed by atoms with van der Waals surface area (Å²) in [4.78, 5) is 42.5. The van der Waals surface area contributed by atoms with Crippen molar-refractivity contribution < 1.29 is 36.6 Å². The van der Waals surface area contributed by atoms with E-state index in [-0.39, 0.29) is 11.1 Å². The van der Waals surface area contributed by atoms with Crippen LogP contribution in [0.3, 0.4) is 0 Å². The van der Waals surface area contributed by atoms with Gasteiger partial charge >= 0.3 is 17.8 Å². The summed E-state index contributed by atoms with van der Waals surface area (Å²) in [6.45, 7) is 6.28. The van der Waals surface area contributed by atoms with Crippen molar-refractivity contribution in [2.24, 2.45) is 11.7 Å². The summed E-state index contributed by atoms with van der Waals surface area (Å²) in [5.41, 5.74) is 6.03. The first-order chi connectivity index (χ1) is 23.4. The number of nitrogens with two attached hydrogens (primary N) is 1. The number of primary amides is 1. The lowest BCUT2D eigenvalue weighted by Gasteiger charge is -2.20. The van der Waals surface area contributed by atoms with Crippen LogP contribution in [0.1, 0.15) is 91.4 Å². The molecule has 0 aliphatic rings. The molecule has 274 valence electrons. The number of rotatable bonds is 18.